The number of nitrogen functional groups attached to an aromatic ring is 1. The van der Waals surface area contributed by atoms with Gasteiger partial charge in [0, 0.05) is 55.3 Å². The molecule has 0 radical (unpaired) electrons. The van der Waals surface area contributed by atoms with E-state index in [9.17, 15) is 9.18 Å². The van der Waals surface area contributed by atoms with Crippen molar-refractivity contribution in [2.24, 2.45) is 5.41 Å². The zero-order chi connectivity index (χ0) is 31.5. The number of amides is 1. The molecule has 10 nitrogen and oxygen atoms in total. The number of halogens is 2. The van der Waals surface area contributed by atoms with Crippen molar-refractivity contribution in [1.82, 2.24) is 24.8 Å². The topological polar surface area (TPSA) is 125 Å². The van der Waals surface area contributed by atoms with E-state index in [1.165, 1.54) is 29.8 Å². The second kappa shape index (κ2) is 11.5. The number of carbonyl (C=O) groups excluding carboxylic acids is 1. The molecule has 1 atom stereocenters. The summed E-state index contributed by atoms with van der Waals surface area (Å²) >= 11 is 7.61. The molecule has 3 aromatic heterocycles. The quantitative estimate of drug-likeness (QED) is 0.275. The van der Waals surface area contributed by atoms with E-state index in [2.05, 4.69) is 39.0 Å². The summed E-state index contributed by atoms with van der Waals surface area (Å²) < 4.78 is 23.0. The molecule has 3 aliphatic rings. The molecule has 45 heavy (non-hydrogen) atoms. The Bertz CT molecular complexity index is 1820. The lowest BCUT2D eigenvalue weighted by Crippen LogP contribution is -2.66. The lowest BCUT2D eigenvalue weighted by Gasteiger charge is -2.59. The summed E-state index contributed by atoms with van der Waals surface area (Å²) in [7, 11) is 0. The first-order chi connectivity index (χ1) is 21.6. The van der Waals surface area contributed by atoms with E-state index < -0.39 is 5.82 Å². The number of rotatable bonds is 7. The molecule has 1 saturated carbocycles. The number of piperidine rings is 1. The third-order valence-electron chi connectivity index (χ3n) is 9.34. The second-order valence-electron chi connectivity index (χ2n) is 12.8. The molecule has 3 fully saturated rings. The van der Waals surface area contributed by atoms with Gasteiger partial charge < -0.3 is 20.7 Å². The minimum absolute atomic E-state index is 0.0304. The van der Waals surface area contributed by atoms with Gasteiger partial charge in [-0.15, -0.1) is 11.3 Å². The van der Waals surface area contributed by atoms with E-state index in [-0.39, 0.29) is 29.4 Å². The number of nitriles is 1. The lowest BCUT2D eigenvalue weighted by molar-refractivity contribution is -0.129. The van der Waals surface area contributed by atoms with Crippen LogP contribution in [0.3, 0.4) is 0 Å². The van der Waals surface area contributed by atoms with E-state index in [0.717, 1.165) is 51.0 Å². The number of carbonyl (C=O) groups is 1. The van der Waals surface area contributed by atoms with Gasteiger partial charge in [0.1, 0.15) is 40.5 Å². The highest BCUT2D eigenvalue weighted by molar-refractivity contribution is 7.18. The van der Waals surface area contributed by atoms with Crippen molar-refractivity contribution in [3.63, 3.8) is 0 Å². The SMILES string of the molecule is CC(C)N1CC2(CC(Oc3cc(Cl)sc3C(=O)NC3CCCN(c4cc(-c5ccc(C#N)c(F)c5)n5ncnc(N)c45)C3)C2)C1. The summed E-state index contributed by atoms with van der Waals surface area (Å²) in [5, 5.41) is 16.8. The van der Waals surface area contributed by atoms with E-state index in [1.54, 1.807) is 16.6 Å². The van der Waals surface area contributed by atoms with Crippen molar-refractivity contribution in [3.05, 3.63) is 57.3 Å². The third kappa shape index (κ3) is 5.47. The number of fused-ring (bicyclic) bond motifs is 1. The predicted octanol–water partition coefficient (Wildman–Crippen LogP) is 5.35. The van der Waals surface area contributed by atoms with Gasteiger partial charge in [0.2, 0.25) is 0 Å². The summed E-state index contributed by atoms with van der Waals surface area (Å²) in [6, 6.07) is 10.4. The van der Waals surface area contributed by atoms with Gasteiger partial charge in [-0.05, 0) is 57.7 Å². The first kappa shape index (κ1) is 29.8. The number of nitrogens with two attached hydrogens (primary N) is 1. The van der Waals surface area contributed by atoms with Crippen LogP contribution < -0.4 is 20.7 Å². The first-order valence-electron chi connectivity index (χ1n) is 15.2. The van der Waals surface area contributed by atoms with E-state index in [1.807, 2.05) is 12.1 Å². The summed E-state index contributed by atoms with van der Waals surface area (Å²) in [6.45, 7) is 7.95. The average Bonchev–Trinajstić information content (AvgIpc) is 3.55. The Hall–Kier alpha value is -3.92. The maximum Gasteiger partial charge on any atom is 0.265 e. The minimum Gasteiger partial charge on any atom is -0.489 e. The lowest BCUT2D eigenvalue weighted by atomic mass is 9.61. The molecule has 234 valence electrons. The molecule has 1 aromatic carbocycles. The Balaban J connectivity index is 1.06. The van der Waals surface area contributed by atoms with Crippen LogP contribution in [-0.2, 0) is 0 Å². The summed E-state index contributed by atoms with van der Waals surface area (Å²) in [5.41, 5.74) is 9.23. The van der Waals surface area contributed by atoms with Crippen LogP contribution in [0.4, 0.5) is 15.9 Å². The molecule has 1 spiro atoms. The van der Waals surface area contributed by atoms with Crippen LogP contribution in [0.25, 0.3) is 16.8 Å². The molecule has 1 aliphatic carbocycles. The maximum absolute atomic E-state index is 14.5. The Morgan fingerprint density at radius 1 is 1.29 bits per heavy atom. The van der Waals surface area contributed by atoms with Crippen molar-refractivity contribution < 1.29 is 13.9 Å². The molecular weight excluding hydrogens is 615 g/mol. The fraction of sp³-hybridized carbons (Fsp3) is 0.438. The Labute approximate surface area is 269 Å². The van der Waals surface area contributed by atoms with Crippen molar-refractivity contribution in [1.29, 1.82) is 5.26 Å². The minimum atomic E-state index is -0.607. The number of nitrogens with zero attached hydrogens (tertiary/aromatic N) is 6. The second-order valence-corrected chi connectivity index (χ2v) is 14.5. The normalized spacial score (nSPS) is 19.8. The molecule has 1 amide bonds. The molecule has 13 heteroatoms. The average molecular weight is 649 g/mol. The van der Waals surface area contributed by atoms with E-state index in [0.29, 0.717) is 49.7 Å². The zero-order valence-electron chi connectivity index (χ0n) is 25.1. The van der Waals surface area contributed by atoms with Crippen LogP contribution in [0.2, 0.25) is 4.34 Å². The van der Waals surface area contributed by atoms with Crippen LogP contribution >= 0.6 is 22.9 Å². The zero-order valence-corrected chi connectivity index (χ0v) is 26.7. The van der Waals surface area contributed by atoms with Crippen LogP contribution in [0.5, 0.6) is 5.75 Å². The van der Waals surface area contributed by atoms with Crippen molar-refractivity contribution >= 4 is 45.9 Å². The number of thiophene rings is 1. The molecule has 1 unspecified atom stereocenters. The number of benzene rings is 1. The van der Waals surface area contributed by atoms with Crippen LogP contribution in [-0.4, -0.2) is 69.8 Å². The predicted molar refractivity (Wildman–Crippen MR) is 172 cm³/mol. The smallest absolute Gasteiger partial charge is 0.265 e. The fourth-order valence-electron chi connectivity index (χ4n) is 7.02. The number of hydrogen-bond acceptors (Lipinski definition) is 9. The van der Waals surface area contributed by atoms with E-state index >= 15 is 0 Å². The summed E-state index contributed by atoms with van der Waals surface area (Å²) in [6.07, 6.45) is 5.09. The number of likely N-dealkylation sites (tertiary alicyclic amines) is 1. The van der Waals surface area contributed by atoms with Crippen molar-refractivity contribution in [2.45, 2.75) is 57.7 Å². The van der Waals surface area contributed by atoms with Crippen LogP contribution in [0.15, 0.2) is 36.7 Å². The van der Waals surface area contributed by atoms with Gasteiger partial charge in [-0.3, -0.25) is 9.69 Å². The van der Waals surface area contributed by atoms with Crippen molar-refractivity contribution in [3.8, 4) is 23.1 Å². The highest BCUT2D eigenvalue weighted by Gasteiger charge is 2.54. The van der Waals surface area contributed by atoms with Gasteiger partial charge in [0.25, 0.3) is 5.91 Å². The molecule has 4 aromatic rings. The number of aromatic nitrogens is 3. The van der Waals surface area contributed by atoms with Crippen molar-refractivity contribution in [2.75, 3.05) is 36.8 Å². The molecule has 5 heterocycles. The highest BCUT2D eigenvalue weighted by atomic mass is 35.5. The van der Waals surface area contributed by atoms with Gasteiger partial charge in [-0.25, -0.2) is 13.9 Å². The monoisotopic (exact) mass is 648 g/mol. The fourth-order valence-corrected chi connectivity index (χ4v) is 8.08. The summed E-state index contributed by atoms with van der Waals surface area (Å²) in [5.74, 6) is 0.0375. The van der Waals surface area contributed by atoms with Gasteiger partial charge >= 0.3 is 0 Å². The maximum atomic E-state index is 14.5. The summed E-state index contributed by atoms with van der Waals surface area (Å²) in [4.78, 5) is 22.9. The molecule has 0 bridgehead atoms. The molecule has 2 saturated heterocycles. The van der Waals surface area contributed by atoms with Gasteiger partial charge in [0.15, 0.2) is 5.82 Å². The highest BCUT2D eigenvalue weighted by Crippen LogP contribution is 2.51. The van der Waals surface area contributed by atoms with E-state index in [4.69, 9.17) is 27.3 Å². The standard InChI is InChI=1S/C32H34ClFN8O2S/c1-18(2)41-15-32(16-41)11-22(12-32)44-26-10-27(33)45-29(26)31(43)39-21-4-3-7-40(14-21)25-9-24(42-28(25)30(36)37-17-38-42)19-5-6-20(13-35)23(34)8-19/h5-6,8-10,17-18,21-22H,3-4,7,11-12,14-16H2,1-2H3,(H,39,43)(H2,36,37,38). The largest absolute Gasteiger partial charge is 0.489 e. The number of hydrogen-bond donors (Lipinski definition) is 2. The molecular formula is C32H34ClFN8O2S. The Morgan fingerprint density at radius 3 is 2.82 bits per heavy atom. The number of anilines is 2. The molecule has 2 aliphatic heterocycles. The Kier molecular flexibility index (Phi) is 7.58. The number of nitrogens with one attached hydrogen (secondary N) is 1. The third-order valence-corrected chi connectivity index (χ3v) is 10.6. The molecule has 7 rings (SSSR count). The van der Waals surface area contributed by atoms with Crippen LogP contribution in [0, 0.1) is 22.6 Å². The Morgan fingerprint density at radius 2 is 2.09 bits per heavy atom. The first-order valence-corrected chi connectivity index (χ1v) is 16.4. The van der Waals surface area contributed by atoms with Gasteiger partial charge in [-0.1, -0.05) is 17.7 Å². The number of ether oxygens (including phenoxy) is 1. The molecule has 3 N–H and O–H groups in total. The van der Waals surface area contributed by atoms with Gasteiger partial charge in [0.05, 0.1) is 21.3 Å². The van der Waals surface area contributed by atoms with Crippen LogP contribution in [0.1, 0.15) is 54.8 Å². The van der Waals surface area contributed by atoms with Gasteiger partial charge in [-0.2, -0.15) is 10.4 Å².